The Bertz CT molecular complexity index is 533. The summed E-state index contributed by atoms with van der Waals surface area (Å²) in [5, 5.41) is 7.24. The van der Waals surface area contributed by atoms with Gasteiger partial charge in [-0.05, 0) is 25.0 Å². The van der Waals surface area contributed by atoms with Crippen LogP contribution in [0, 0.1) is 0 Å². The van der Waals surface area contributed by atoms with Crippen molar-refractivity contribution >= 4 is 5.91 Å². The van der Waals surface area contributed by atoms with Crippen LogP contribution in [0.3, 0.4) is 0 Å². The van der Waals surface area contributed by atoms with E-state index in [2.05, 4.69) is 17.3 Å². The van der Waals surface area contributed by atoms with Gasteiger partial charge in [0.15, 0.2) is 0 Å². The summed E-state index contributed by atoms with van der Waals surface area (Å²) < 4.78 is 1.75. The number of aromatic nitrogens is 2. The Labute approximate surface area is 113 Å². The molecule has 0 aliphatic rings. The highest BCUT2D eigenvalue weighted by Crippen LogP contribution is 2.16. The Hall–Kier alpha value is -2.10. The fourth-order valence-electron chi connectivity index (χ4n) is 2.00. The van der Waals surface area contributed by atoms with Gasteiger partial charge in [0.2, 0.25) is 0 Å². The molecular weight excluding hydrogens is 238 g/mol. The Balaban J connectivity index is 2.08. The second-order valence-corrected chi connectivity index (χ2v) is 4.40. The quantitative estimate of drug-likeness (QED) is 0.895. The molecule has 0 bridgehead atoms. The first kappa shape index (κ1) is 13.3. The van der Waals surface area contributed by atoms with Gasteiger partial charge >= 0.3 is 0 Å². The molecule has 0 aliphatic carbocycles. The van der Waals surface area contributed by atoms with Gasteiger partial charge in [-0.2, -0.15) is 5.10 Å². The molecule has 1 aromatic heterocycles. The van der Waals surface area contributed by atoms with Crippen molar-refractivity contribution in [3.63, 3.8) is 0 Å². The largest absolute Gasteiger partial charge is 0.344 e. The van der Waals surface area contributed by atoms with Crippen LogP contribution in [0.4, 0.5) is 0 Å². The van der Waals surface area contributed by atoms with Crippen LogP contribution in [-0.4, -0.2) is 15.7 Å². The summed E-state index contributed by atoms with van der Waals surface area (Å²) in [6.07, 6.45) is 2.67. The lowest BCUT2D eigenvalue weighted by molar-refractivity contribution is 0.0929. The van der Waals surface area contributed by atoms with Gasteiger partial charge in [0.05, 0.1) is 6.04 Å². The van der Waals surface area contributed by atoms with Crippen molar-refractivity contribution in [3.05, 3.63) is 53.9 Å². The smallest absolute Gasteiger partial charge is 0.272 e. The number of carbonyl (C=O) groups is 1. The lowest BCUT2D eigenvalue weighted by atomic mass is 10.0. The number of aryl methyl sites for hydroxylation is 1. The van der Waals surface area contributed by atoms with Crippen LogP contribution in [0.5, 0.6) is 0 Å². The molecule has 0 radical (unpaired) electrons. The Kier molecular flexibility index (Phi) is 4.34. The second kappa shape index (κ2) is 6.18. The molecule has 100 valence electrons. The van der Waals surface area contributed by atoms with E-state index in [9.17, 15) is 4.79 Å². The molecule has 4 nitrogen and oxygen atoms in total. The van der Waals surface area contributed by atoms with Gasteiger partial charge in [-0.3, -0.25) is 9.48 Å². The number of nitrogens with zero attached hydrogens (tertiary/aromatic N) is 2. The van der Waals surface area contributed by atoms with Crippen molar-refractivity contribution in [3.8, 4) is 0 Å². The highest BCUT2D eigenvalue weighted by Gasteiger charge is 2.15. The molecule has 0 spiro atoms. The molecule has 2 rings (SSSR count). The molecule has 4 heteroatoms. The minimum absolute atomic E-state index is 0.0282. The number of benzene rings is 1. The minimum atomic E-state index is -0.122. The number of hydrogen-bond acceptors (Lipinski definition) is 2. The summed E-state index contributed by atoms with van der Waals surface area (Å²) in [7, 11) is 0. The van der Waals surface area contributed by atoms with E-state index in [0.717, 1.165) is 18.5 Å². The van der Waals surface area contributed by atoms with Crippen molar-refractivity contribution < 1.29 is 4.79 Å². The van der Waals surface area contributed by atoms with Gasteiger partial charge in [0, 0.05) is 12.7 Å². The van der Waals surface area contributed by atoms with Gasteiger partial charge in [-0.1, -0.05) is 37.3 Å². The van der Waals surface area contributed by atoms with Crippen LogP contribution >= 0.6 is 0 Å². The summed E-state index contributed by atoms with van der Waals surface area (Å²) in [4.78, 5) is 12.1. The third-order valence-electron chi connectivity index (χ3n) is 3.11. The number of rotatable bonds is 5. The van der Waals surface area contributed by atoms with Crippen LogP contribution < -0.4 is 5.32 Å². The van der Waals surface area contributed by atoms with Crippen molar-refractivity contribution in [2.45, 2.75) is 32.9 Å². The van der Waals surface area contributed by atoms with E-state index in [4.69, 9.17) is 0 Å². The molecule has 1 heterocycles. The van der Waals surface area contributed by atoms with E-state index < -0.39 is 0 Å². The zero-order valence-corrected chi connectivity index (χ0v) is 11.3. The third-order valence-corrected chi connectivity index (χ3v) is 3.11. The van der Waals surface area contributed by atoms with E-state index in [1.807, 2.05) is 43.5 Å². The average Bonchev–Trinajstić information content (AvgIpc) is 2.94. The van der Waals surface area contributed by atoms with Crippen molar-refractivity contribution in [2.75, 3.05) is 0 Å². The van der Waals surface area contributed by atoms with Gasteiger partial charge < -0.3 is 5.32 Å². The van der Waals surface area contributed by atoms with Gasteiger partial charge in [-0.25, -0.2) is 0 Å². The monoisotopic (exact) mass is 257 g/mol. The molecule has 19 heavy (non-hydrogen) atoms. The van der Waals surface area contributed by atoms with Crippen LogP contribution in [-0.2, 0) is 6.54 Å². The Morgan fingerprint density at radius 1 is 1.26 bits per heavy atom. The maximum atomic E-state index is 12.1. The minimum Gasteiger partial charge on any atom is -0.344 e. The van der Waals surface area contributed by atoms with E-state index in [0.29, 0.717) is 5.69 Å². The predicted octanol–water partition coefficient (Wildman–Crippen LogP) is 2.78. The lowest BCUT2D eigenvalue weighted by Gasteiger charge is -2.16. The fourth-order valence-corrected chi connectivity index (χ4v) is 2.00. The molecule has 0 fully saturated rings. The number of hydrogen-bond donors (Lipinski definition) is 1. The van der Waals surface area contributed by atoms with E-state index >= 15 is 0 Å². The first-order valence-corrected chi connectivity index (χ1v) is 6.63. The normalized spacial score (nSPS) is 12.1. The lowest BCUT2D eigenvalue weighted by Crippen LogP contribution is -2.28. The summed E-state index contributed by atoms with van der Waals surface area (Å²) in [6, 6.07) is 11.8. The molecule has 0 aliphatic heterocycles. The molecule has 1 atom stereocenters. The average molecular weight is 257 g/mol. The van der Waals surface area contributed by atoms with Crippen LogP contribution in [0.1, 0.15) is 42.4 Å². The fraction of sp³-hybridized carbons (Fsp3) is 0.333. The molecular formula is C15H19N3O. The van der Waals surface area contributed by atoms with Crippen LogP contribution in [0.2, 0.25) is 0 Å². The number of nitrogens with one attached hydrogen (secondary N) is 1. The van der Waals surface area contributed by atoms with Crippen molar-refractivity contribution in [1.29, 1.82) is 0 Å². The van der Waals surface area contributed by atoms with E-state index in [1.165, 1.54) is 0 Å². The van der Waals surface area contributed by atoms with Gasteiger partial charge in [0.25, 0.3) is 5.91 Å². The zero-order chi connectivity index (χ0) is 13.7. The summed E-state index contributed by atoms with van der Waals surface area (Å²) >= 11 is 0. The van der Waals surface area contributed by atoms with Gasteiger partial charge in [0.1, 0.15) is 5.69 Å². The second-order valence-electron chi connectivity index (χ2n) is 4.40. The highest BCUT2D eigenvalue weighted by molar-refractivity contribution is 5.92. The Morgan fingerprint density at radius 3 is 2.58 bits per heavy atom. The standard InChI is InChI=1S/C15H19N3O/c1-3-13(12-8-6-5-7-9-12)16-15(19)14-10-11-18(4-2)17-14/h5-11,13H,3-4H2,1-2H3,(H,16,19). The topological polar surface area (TPSA) is 46.9 Å². The maximum Gasteiger partial charge on any atom is 0.272 e. The predicted molar refractivity (Wildman–Crippen MR) is 74.8 cm³/mol. The highest BCUT2D eigenvalue weighted by atomic mass is 16.2. The van der Waals surface area contributed by atoms with Gasteiger partial charge in [-0.15, -0.1) is 0 Å². The molecule has 2 aromatic rings. The van der Waals surface area contributed by atoms with E-state index in [1.54, 1.807) is 10.7 Å². The summed E-state index contributed by atoms with van der Waals surface area (Å²) in [6.45, 7) is 4.82. The molecule has 0 saturated carbocycles. The molecule has 1 unspecified atom stereocenters. The number of carbonyl (C=O) groups excluding carboxylic acids is 1. The first-order valence-electron chi connectivity index (χ1n) is 6.63. The third kappa shape index (κ3) is 3.22. The molecule has 1 amide bonds. The van der Waals surface area contributed by atoms with E-state index in [-0.39, 0.29) is 11.9 Å². The van der Waals surface area contributed by atoms with Crippen molar-refractivity contribution in [1.82, 2.24) is 15.1 Å². The van der Waals surface area contributed by atoms with Crippen molar-refractivity contribution in [2.24, 2.45) is 0 Å². The maximum absolute atomic E-state index is 12.1. The molecule has 0 saturated heterocycles. The number of amides is 1. The zero-order valence-electron chi connectivity index (χ0n) is 11.3. The first-order chi connectivity index (χ1) is 9.24. The summed E-state index contributed by atoms with van der Waals surface area (Å²) in [5.74, 6) is -0.122. The summed E-state index contributed by atoms with van der Waals surface area (Å²) in [5.41, 5.74) is 1.59. The molecule has 1 aromatic carbocycles. The SMILES string of the molecule is CCC(NC(=O)c1ccn(CC)n1)c1ccccc1. The Morgan fingerprint density at radius 2 is 2.00 bits per heavy atom. The molecule has 1 N–H and O–H groups in total. The van der Waals surface area contributed by atoms with Crippen LogP contribution in [0.15, 0.2) is 42.6 Å². The van der Waals surface area contributed by atoms with Crippen LogP contribution in [0.25, 0.3) is 0 Å².